The van der Waals surface area contributed by atoms with E-state index in [1.54, 1.807) is 11.3 Å². The molecule has 1 aromatic heterocycles. The highest BCUT2D eigenvalue weighted by molar-refractivity contribution is 7.10. The average Bonchev–Trinajstić information content (AvgIpc) is 2.99. The van der Waals surface area contributed by atoms with Gasteiger partial charge in [0.2, 0.25) is 6.79 Å². The first-order chi connectivity index (χ1) is 9.31. The maximum Gasteiger partial charge on any atom is 0.231 e. The van der Waals surface area contributed by atoms with Gasteiger partial charge in [-0.15, -0.1) is 11.3 Å². The zero-order chi connectivity index (χ0) is 12.8. The van der Waals surface area contributed by atoms with E-state index in [4.69, 9.17) is 15.2 Å². The van der Waals surface area contributed by atoms with Gasteiger partial charge in [-0.05, 0) is 37.0 Å². The molecule has 0 bridgehead atoms. The van der Waals surface area contributed by atoms with Gasteiger partial charge in [0.1, 0.15) is 5.01 Å². The van der Waals surface area contributed by atoms with Gasteiger partial charge < -0.3 is 15.2 Å². The molecule has 98 valence electrons. The standard InChI is InChI=1S/C14H14N2O2S/c15-13(8-1-2-8)14-16-10(6-19-14)9-3-4-11-12(5-9)18-7-17-11/h3-6,8,13H,1-2,7,15H2. The molecule has 4 rings (SSSR count). The summed E-state index contributed by atoms with van der Waals surface area (Å²) in [6.45, 7) is 0.299. The molecule has 19 heavy (non-hydrogen) atoms. The van der Waals surface area contributed by atoms with Crippen LogP contribution in [0.25, 0.3) is 11.3 Å². The molecule has 2 heterocycles. The summed E-state index contributed by atoms with van der Waals surface area (Å²) in [4.78, 5) is 4.66. The van der Waals surface area contributed by atoms with Crippen molar-refractivity contribution in [1.29, 1.82) is 0 Å². The third-order valence-corrected chi connectivity index (χ3v) is 4.55. The fraction of sp³-hybridized carbons (Fsp3) is 0.357. The van der Waals surface area contributed by atoms with E-state index < -0.39 is 0 Å². The second kappa shape index (κ2) is 4.21. The lowest BCUT2D eigenvalue weighted by Crippen LogP contribution is -2.11. The number of hydrogen-bond acceptors (Lipinski definition) is 5. The topological polar surface area (TPSA) is 57.4 Å². The summed E-state index contributed by atoms with van der Waals surface area (Å²) >= 11 is 1.65. The first-order valence-corrected chi connectivity index (χ1v) is 7.30. The van der Waals surface area contributed by atoms with Gasteiger partial charge in [0.15, 0.2) is 11.5 Å². The minimum atomic E-state index is 0.104. The molecule has 1 fully saturated rings. The molecule has 1 aromatic carbocycles. The molecule has 0 radical (unpaired) electrons. The predicted octanol–water partition coefficient (Wildman–Crippen LogP) is 2.95. The van der Waals surface area contributed by atoms with E-state index in [0.29, 0.717) is 12.7 Å². The normalized spacial score (nSPS) is 18.6. The lowest BCUT2D eigenvalue weighted by Gasteiger charge is -2.04. The summed E-state index contributed by atoms with van der Waals surface area (Å²) < 4.78 is 10.7. The first-order valence-electron chi connectivity index (χ1n) is 6.42. The molecular formula is C14H14N2O2S. The van der Waals surface area contributed by atoms with Crippen LogP contribution in [0.3, 0.4) is 0 Å². The van der Waals surface area contributed by atoms with Crippen LogP contribution in [-0.4, -0.2) is 11.8 Å². The number of rotatable bonds is 3. The number of aromatic nitrogens is 1. The summed E-state index contributed by atoms with van der Waals surface area (Å²) in [5.41, 5.74) is 8.20. The Balaban J connectivity index is 1.65. The van der Waals surface area contributed by atoms with Crippen LogP contribution < -0.4 is 15.2 Å². The molecule has 0 spiro atoms. The Kier molecular flexibility index (Phi) is 2.50. The molecule has 2 aromatic rings. The summed E-state index contributed by atoms with van der Waals surface area (Å²) in [6.07, 6.45) is 2.47. The molecule has 1 atom stereocenters. The molecular weight excluding hydrogens is 260 g/mol. The van der Waals surface area contributed by atoms with Gasteiger partial charge in [-0.25, -0.2) is 4.98 Å². The van der Waals surface area contributed by atoms with E-state index in [1.165, 1.54) is 12.8 Å². The van der Waals surface area contributed by atoms with Gasteiger partial charge in [0, 0.05) is 10.9 Å². The number of nitrogens with zero attached hydrogens (tertiary/aromatic N) is 1. The van der Waals surface area contributed by atoms with Gasteiger partial charge in [-0.1, -0.05) is 0 Å². The first kappa shape index (κ1) is 11.3. The van der Waals surface area contributed by atoms with Crippen LogP contribution >= 0.6 is 11.3 Å². The molecule has 4 nitrogen and oxygen atoms in total. The zero-order valence-electron chi connectivity index (χ0n) is 10.3. The fourth-order valence-corrected chi connectivity index (χ4v) is 3.21. The molecule has 2 N–H and O–H groups in total. The van der Waals surface area contributed by atoms with Crippen LogP contribution in [0.4, 0.5) is 0 Å². The molecule has 1 unspecified atom stereocenters. The Labute approximate surface area is 115 Å². The van der Waals surface area contributed by atoms with Crippen LogP contribution in [0.1, 0.15) is 23.9 Å². The zero-order valence-corrected chi connectivity index (χ0v) is 11.2. The van der Waals surface area contributed by atoms with Crippen molar-refractivity contribution in [3.63, 3.8) is 0 Å². The van der Waals surface area contributed by atoms with E-state index in [-0.39, 0.29) is 6.04 Å². The van der Waals surface area contributed by atoms with E-state index in [0.717, 1.165) is 27.8 Å². The van der Waals surface area contributed by atoms with Crippen molar-refractivity contribution in [2.75, 3.05) is 6.79 Å². The SMILES string of the molecule is NC(c1nc(-c2ccc3c(c2)OCO3)cs1)C1CC1. The Morgan fingerprint density at radius 3 is 2.95 bits per heavy atom. The Morgan fingerprint density at radius 1 is 1.26 bits per heavy atom. The van der Waals surface area contributed by atoms with Gasteiger partial charge in [0.05, 0.1) is 11.7 Å². The van der Waals surface area contributed by atoms with Gasteiger partial charge in [-0.3, -0.25) is 0 Å². The van der Waals surface area contributed by atoms with Crippen molar-refractivity contribution < 1.29 is 9.47 Å². The van der Waals surface area contributed by atoms with E-state index in [2.05, 4.69) is 10.4 Å². The molecule has 1 aliphatic heterocycles. The predicted molar refractivity (Wildman–Crippen MR) is 73.3 cm³/mol. The number of thiazole rings is 1. The van der Waals surface area contributed by atoms with Crippen LogP contribution in [0.2, 0.25) is 0 Å². The number of ether oxygens (including phenoxy) is 2. The van der Waals surface area contributed by atoms with Gasteiger partial charge >= 0.3 is 0 Å². The number of fused-ring (bicyclic) bond motifs is 1. The summed E-state index contributed by atoms with van der Waals surface area (Å²) in [5, 5.41) is 3.10. The highest BCUT2D eigenvalue weighted by Gasteiger charge is 2.31. The third-order valence-electron chi connectivity index (χ3n) is 3.61. The van der Waals surface area contributed by atoms with Crippen molar-refractivity contribution in [2.45, 2.75) is 18.9 Å². The maximum atomic E-state index is 6.19. The summed E-state index contributed by atoms with van der Waals surface area (Å²) in [5.74, 6) is 2.23. The molecule has 0 amide bonds. The van der Waals surface area contributed by atoms with Crippen LogP contribution in [0.5, 0.6) is 11.5 Å². The minimum Gasteiger partial charge on any atom is -0.454 e. The van der Waals surface area contributed by atoms with Crippen LogP contribution in [-0.2, 0) is 0 Å². The van der Waals surface area contributed by atoms with E-state index in [1.807, 2.05) is 18.2 Å². The average molecular weight is 274 g/mol. The monoisotopic (exact) mass is 274 g/mol. The maximum absolute atomic E-state index is 6.19. The Hall–Kier alpha value is -1.59. The summed E-state index contributed by atoms with van der Waals surface area (Å²) in [6, 6.07) is 6.02. The molecule has 1 saturated carbocycles. The van der Waals surface area contributed by atoms with Crippen molar-refractivity contribution in [2.24, 2.45) is 11.7 Å². The van der Waals surface area contributed by atoms with E-state index in [9.17, 15) is 0 Å². The lowest BCUT2D eigenvalue weighted by atomic mass is 10.1. The minimum absolute atomic E-state index is 0.104. The molecule has 5 heteroatoms. The third kappa shape index (κ3) is 1.99. The Bertz CT molecular complexity index is 622. The number of benzene rings is 1. The summed E-state index contributed by atoms with van der Waals surface area (Å²) in [7, 11) is 0. The highest BCUT2D eigenvalue weighted by Crippen LogP contribution is 2.41. The fourth-order valence-electron chi connectivity index (χ4n) is 2.29. The van der Waals surface area contributed by atoms with Gasteiger partial charge in [0.25, 0.3) is 0 Å². The van der Waals surface area contributed by atoms with Crippen molar-refractivity contribution in [3.8, 4) is 22.8 Å². The van der Waals surface area contributed by atoms with Crippen LogP contribution in [0, 0.1) is 5.92 Å². The number of hydrogen-bond donors (Lipinski definition) is 1. The smallest absolute Gasteiger partial charge is 0.231 e. The Morgan fingerprint density at radius 2 is 2.11 bits per heavy atom. The van der Waals surface area contributed by atoms with Crippen molar-refractivity contribution >= 4 is 11.3 Å². The second-order valence-electron chi connectivity index (χ2n) is 5.00. The number of nitrogens with two attached hydrogens (primary N) is 1. The molecule has 2 aliphatic rings. The lowest BCUT2D eigenvalue weighted by molar-refractivity contribution is 0.174. The van der Waals surface area contributed by atoms with Gasteiger partial charge in [-0.2, -0.15) is 0 Å². The van der Waals surface area contributed by atoms with Crippen molar-refractivity contribution in [3.05, 3.63) is 28.6 Å². The van der Waals surface area contributed by atoms with Crippen molar-refractivity contribution in [1.82, 2.24) is 4.98 Å². The highest BCUT2D eigenvalue weighted by atomic mass is 32.1. The van der Waals surface area contributed by atoms with E-state index >= 15 is 0 Å². The molecule has 0 saturated heterocycles. The largest absolute Gasteiger partial charge is 0.454 e. The quantitative estimate of drug-likeness (QED) is 0.935. The van der Waals surface area contributed by atoms with Crippen LogP contribution in [0.15, 0.2) is 23.6 Å². The second-order valence-corrected chi connectivity index (χ2v) is 5.89. The molecule has 1 aliphatic carbocycles.